The molecule has 1 aromatic carbocycles. The Kier molecular flexibility index (Phi) is 3.90. The molecule has 0 amide bonds. The van der Waals surface area contributed by atoms with Crippen LogP contribution >= 0.6 is 0 Å². The summed E-state index contributed by atoms with van der Waals surface area (Å²) in [6.45, 7) is 3.70. The lowest BCUT2D eigenvalue weighted by Crippen LogP contribution is -2.15. The fourth-order valence-corrected chi connectivity index (χ4v) is 1.90. The number of rotatable bonds is 4. The van der Waals surface area contributed by atoms with E-state index < -0.39 is 10.3 Å². The summed E-state index contributed by atoms with van der Waals surface area (Å²) in [5, 5.41) is 4.74. The first-order valence-electron chi connectivity index (χ1n) is 4.65. The van der Waals surface area contributed by atoms with Crippen molar-refractivity contribution >= 4 is 10.3 Å². The predicted molar refractivity (Wildman–Crippen MR) is 60.4 cm³/mol. The summed E-state index contributed by atoms with van der Waals surface area (Å²) < 4.78 is 31.0. The molecule has 90 valence electrons. The fourth-order valence-electron chi connectivity index (χ4n) is 1.60. The van der Waals surface area contributed by atoms with Gasteiger partial charge in [-0.2, -0.15) is 8.42 Å². The SMILES string of the molecule is COc1c(C)cc(COS(N)(=O)=O)cc1C. The van der Waals surface area contributed by atoms with Gasteiger partial charge in [0.05, 0.1) is 13.7 Å². The second kappa shape index (κ2) is 4.82. The Morgan fingerprint density at radius 2 is 1.75 bits per heavy atom. The van der Waals surface area contributed by atoms with Gasteiger partial charge in [0.15, 0.2) is 0 Å². The highest BCUT2D eigenvalue weighted by Crippen LogP contribution is 2.24. The lowest BCUT2D eigenvalue weighted by atomic mass is 10.1. The summed E-state index contributed by atoms with van der Waals surface area (Å²) >= 11 is 0. The zero-order chi connectivity index (χ0) is 12.3. The molecule has 0 fully saturated rings. The van der Waals surface area contributed by atoms with Crippen LogP contribution in [0.5, 0.6) is 5.75 Å². The Morgan fingerprint density at radius 1 is 1.25 bits per heavy atom. The highest BCUT2D eigenvalue weighted by atomic mass is 32.2. The molecular formula is C10H15NO4S. The van der Waals surface area contributed by atoms with Crippen molar-refractivity contribution in [3.63, 3.8) is 0 Å². The maximum Gasteiger partial charge on any atom is 0.333 e. The molecule has 0 atom stereocenters. The third-order valence-electron chi connectivity index (χ3n) is 2.11. The number of aryl methyl sites for hydroxylation is 2. The molecule has 0 aliphatic rings. The standard InChI is InChI=1S/C10H15NO4S/c1-7-4-9(6-15-16(11,12)13)5-8(2)10(7)14-3/h4-5H,6H2,1-3H3,(H2,11,12,13). The summed E-state index contributed by atoms with van der Waals surface area (Å²) in [4.78, 5) is 0. The summed E-state index contributed by atoms with van der Waals surface area (Å²) in [6, 6.07) is 3.61. The van der Waals surface area contributed by atoms with Crippen molar-refractivity contribution in [3.8, 4) is 5.75 Å². The van der Waals surface area contributed by atoms with E-state index in [1.54, 1.807) is 19.2 Å². The molecule has 0 spiro atoms. The number of methoxy groups -OCH3 is 1. The lowest BCUT2D eigenvalue weighted by molar-refractivity contribution is 0.308. The van der Waals surface area contributed by atoms with Gasteiger partial charge in [0, 0.05) is 0 Å². The van der Waals surface area contributed by atoms with Crippen molar-refractivity contribution in [2.24, 2.45) is 5.14 Å². The quantitative estimate of drug-likeness (QED) is 0.859. The van der Waals surface area contributed by atoms with E-state index >= 15 is 0 Å². The highest BCUT2D eigenvalue weighted by Gasteiger charge is 2.08. The van der Waals surface area contributed by atoms with Crippen molar-refractivity contribution in [1.29, 1.82) is 0 Å². The molecule has 0 aliphatic carbocycles. The van der Waals surface area contributed by atoms with Gasteiger partial charge in [0.1, 0.15) is 5.75 Å². The summed E-state index contributed by atoms with van der Waals surface area (Å²) in [5.74, 6) is 0.791. The number of benzene rings is 1. The first-order valence-corrected chi connectivity index (χ1v) is 6.12. The van der Waals surface area contributed by atoms with Crippen LogP contribution in [0.2, 0.25) is 0 Å². The van der Waals surface area contributed by atoms with Gasteiger partial charge >= 0.3 is 10.3 Å². The number of ether oxygens (including phenoxy) is 1. The van der Waals surface area contributed by atoms with Gasteiger partial charge in [-0.1, -0.05) is 12.1 Å². The zero-order valence-corrected chi connectivity index (χ0v) is 10.3. The maximum absolute atomic E-state index is 10.6. The Morgan fingerprint density at radius 3 is 2.12 bits per heavy atom. The maximum atomic E-state index is 10.6. The second-order valence-corrected chi connectivity index (χ2v) is 4.74. The normalized spacial score (nSPS) is 11.5. The molecular weight excluding hydrogens is 230 g/mol. The van der Waals surface area contributed by atoms with Crippen LogP contribution in [0.25, 0.3) is 0 Å². The van der Waals surface area contributed by atoms with E-state index in [4.69, 9.17) is 9.88 Å². The van der Waals surface area contributed by atoms with Crippen molar-refractivity contribution in [2.45, 2.75) is 20.5 Å². The van der Waals surface area contributed by atoms with Crippen molar-refractivity contribution in [1.82, 2.24) is 0 Å². The molecule has 5 nitrogen and oxygen atoms in total. The van der Waals surface area contributed by atoms with Crippen molar-refractivity contribution < 1.29 is 17.3 Å². The molecule has 1 rings (SSSR count). The smallest absolute Gasteiger partial charge is 0.333 e. The topological polar surface area (TPSA) is 78.6 Å². The van der Waals surface area contributed by atoms with Crippen LogP contribution in [0.4, 0.5) is 0 Å². The lowest BCUT2D eigenvalue weighted by Gasteiger charge is -2.10. The fraction of sp³-hybridized carbons (Fsp3) is 0.400. The van der Waals surface area contributed by atoms with Crippen LogP contribution in [-0.4, -0.2) is 15.5 Å². The van der Waals surface area contributed by atoms with Crippen molar-refractivity contribution in [3.05, 3.63) is 28.8 Å². The summed E-state index contributed by atoms with van der Waals surface area (Å²) in [7, 11) is -2.30. The zero-order valence-electron chi connectivity index (χ0n) is 9.48. The summed E-state index contributed by atoms with van der Waals surface area (Å²) in [5.41, 5.74) is 2.59. The third kappa shape index (κ3) is 3.48. The molecule has 0 aromatic heterocycles. The van der Waals surface area contributed by atoms with E-state index in [1.165, 1.54) is 0 Å². The minimum atomic E-state index is -3.89. The van der Waals surface area contributed by atoms with Crippen LogP contribution in [0.1, 0.15) is 16.7 Å². The van der Waals surface area contributed by atoms with Gasteiger partial charge < -0.3 is 4.74 Å². The highest BCUT2D eigenvalue weighted by molar-refractivity contribution is 7.84. The van der Waals surface area contributed by atoms with Gasteiger partial charge in [-0.05, 0) is 30.5 Å². The Labute approximate surface area is 95.4 Å². The van der Waals surface area contributed by atoms with Crippen LogP contribution in [-0.2, 0) is 21.1 Å². The predicted octanol–water partition coefficient (Wildman–Crippen LogP) is 1.03. The van der Waals surface area contributed by atoms with Gasteiger partial charge in [0.2, 0.25) is 0 Å². The van der Waals surface area contributed by atoms with Crippen LogP contribution in [0.3, 0.4) is 0 Å². The average molecular weight is 245 g/mol. The molecule has 0 aliphatic heterocycles. The molecule has 6 heteroatoms. The van der Waals surface area contributed by atoms with Gasteiger partial charge in [-0.15, -0.1) is 0 Å². The Hall–Kier alpha value is -1.11. The van der Waals surface area contributed by atoms with E-state index in [0.717, 1.165) is 22.4 Å². The second-order valence-electron chi connectivity index (χ2n) is 3.52. The molecule has 0 saturated carbocycles. The molecule has 0 bridgehead atoms. The first-order chi connectivity index (χ1) is 7.33. The molecule has 0 saturated heterocycles. The van der Waals surface area contributed by atoms with E-state index in [9.17, 15) is 8.42 Å². The van der Waals surface area contributed by atoms with E-state index in [0.29, 0.717) is 0 Å². The Balaban J connectivity index is 2.92. The average Bonchev–Trinajstić information content (AvgIpc) is 2.13. The molecule has 0 heterocycles. The monoisotopic (exact) mass is 245 g/mol. The van der Waals surface area contributed by atoms with Gasteiger partial charge in [-0.3, -0.25) is 4.18 Å². The number of hydrogen-bond donors (Lipinski definition) is 1. The molecule has 16 heavy (non-hydrogen) atoms. The van der Waals surface area contributed by atoms with Gasteiger partial charge in [-0.25, -0.2) is 5.14 Å². The van der Waals surface area contributed by atoms with Crippen molar-refractivity contribution in [2.75, 3.05) is 7.11 Å². The van der Waals surface area contributed by atoms with Gasteiger partial charge in [0.25, 0.3) is 0 Å². The minimum Gasteiger partial charge on any atom is -0.496 e. The third-order valence-corrected chi connectivity index (χ3v) is 2.56. The minimum absolute atomic E-state index is 0.0650. The summed E-state index contributed by atoms with van der Waals surface area (Å²) in [6.07, 6.45) is 0. The molecule has 0 radical (unpaired) electrons. The van der Waals surface area contributed by atoms with E-state index in [1.807, 2.05) is 13.8 Å². The number of nitrogens with two attached hydrogens (primary N) is 1. The van der Waals surface area contributed by atoms with Crippen LogP contribution < -0.4 is 9.88 Å². The van der Waals surface area contributed by atoms with E-state index in [2.05, 4.69) is 4.18 Å². The number of hydrogen-bond acceptors (Lipinski definition) is 4. The van der Waals surface area contributed by atoms with Crippen LogP contribution in [0, 0.1) is 13.8 Å². The molecule has 2 N–H and O–H groups in total. The van der Waals surface area contributed by atoms with Crippen LogP contribution in [0.15, 0.2) is 12.1 Å². The first kappa shape index (κ1) is 13.0. The van der Waals surface area contributed by atoms with E-state index in [-0.39, 0.29) is 6.61 Å². The molecule has 0 unspecified atom stereocenters. The Bertz CT molecular complexity index is 459. The molecule has 1 aromatic rings. The largest absolute Gasteiger partial charge is 0.496 e.